The van der Waals surface area contributed by atoms with Gasteiger partial charge in [0.05, 0.1) is 12.0 Å². The number of nitrogens with one attached hydrogen (secondary N) is 1. The molecule has 3 unspecified atom stereocenters. The minimum atomic E-state index is -0.485. The number of primary amides is 1. The van der Waals surface area contributed by atoms with Gasteiger partial charge in [0.2, 0.25) is 11.8 Å². The lowest BCUT2D eigenvalue weighted by Gasteiger charge is -2.36. The molecule has 21 heavy (non-hydrogen) atoms. The highest BCUT2D eigenvalue weighted by Crippen LogP contribution is 2.57. The van der Waals surface area contributed by atoms with Gasteiger partial charge in [0.25, 0.3) is 0 Å². The number of fused-ring (bicyclic) bond motifs is 2. The molecule has 0 aliphatic heterocycles. The van der Waals surface area contributed by atoms with Crippen molar-refractivity contribution >= 4 is 11.8 Å². The van der Waals surface area contributed by atoms with Crippen LogP contribution in [0.25, 0.3) is 0 Å². The third-order valence-corrected chi connectivity index (χ3v) is 5.21. The van der Waals surface area contributed by atoms with E-state index in [0.29, 0.717) is 11.8 Å². The van der Waals surface area contributed by atoms with Crippen molar-refractivity contribution in [3.63, 3.8) is 0 Å². The highest BCUT2D eigenvalue weighted by molar-refractivity contribution is 5.88. The summed E-state index contributed by atoms with van der Waals surface area (Å²) in [7, 11) is 0. The van der Waals surface area contributed by atoms with Gasteiger partial charge in [-0.25, -0.2) is 0 Å². The molecule has 3 rings (SSSR count). The predicted octanol–water partition coefficient (Wildman–Crippen LogP) is 1.64. The minimum Gasteiger partial charge on any atom is -0.368 e. The Hall–Kier alpha value is -1.84. The number of amides is 2. The van der Waals surface area contributed by atoms with Crippen LogP contribution in [0.2, 0.25) is 0 Å². The van der Waals surface area contributed by atoms with Crippen LogP contribution >= 0.6 is 0 Å². The van der Waals surface area contributed by atoms with Crippen molar-refractivity contribution in [3.8, 4) is 0 Å². The first-order valence-corrected chi connectivity index (χ1v) is 7.71. The first-order chi connectivity index (χ1) is 10.1. The van der Waals surface area contributed by atoms with Gasteiger partial charge in [-0.05, 0) is 43.1 Å². The minimum absolute atomic E-state index is 0.0114. The van der Waals surface area contributed by atoms with Crippen LogP contribution in [0.3, 0.4) is 0 Å². The standard InChI is InChI=1S/C17H22N2O2/c18-15(20)11-19-16(21)17(9-12-4-2-1-3-5-12)10-13-6-7-14(17)8-13/h1-5,13-14H,6-11H2,(H2,18,20)(H,19,21). The lowest BCUT2D eigenvalue weighted by Crippen LogP contribution is -2.48. The fraction of sp³-hybridized carbons (Fsp3) is 0.529. The predicted molar refractivity (Wildman–Crippen MR) is 80.2 cm³/mol. The summed E-state index contributed by atoms with van der Waals surface area (Å²) in [6.07, 6.45) is 5.22. The Bertz CT molecular complexity index is 543. The molecule has 2 saturated carbocycles. The molecular formula is C17H22N2O2. The Kier molecular flexibility index (Phi) is 3.70. The van der Waals surface area contributed by atoms with E-state index in [-0.39, 0.29) is 17.9 Å². The van der Waals surface area contributed by atoms with Gasteiger partial charge in [-0.1, -0.05) is 36.8 Å². The second-order valence-corrected chi connectivity index (χ2v) is 6.55. The number of carbonyl (C=O) groups excluding carboxylic acids is 2. The topological polar surface area (TPSA) is 72.2 Å². The second kappa shape index (κ2) is 5.51. The molecule has 4 nitrogen and oxygen atoms in total. The maximum absolute atomic E-state index is 12.7. The summed E-state index contributed by atoms with van der Waals surface area (Å²) < 4.78 is 0. The van der Waals surface area contributed by atoms with Crippen molar-refractivity contribution in [1.29, 1.82) is 0 Å². The van der Waals surface area contributed by atoms with E-state index in [9.17, 15) is 9.59 Å². The Morgan fingerprint density at radius 3 is 2.57 bits per heavy atom. The van der Waals surface area contributed by atoms with E-state index in [1.165, 1.54) is 12.0 Å². The number of hydrogen-bond donors (Lipinski definition) is 2. The molecule has 0 saturated heterocycles. The molecule has 2 bridgehead atoms. The molecule has 3 N–H and O–H groups in total. The van der Waals surface area contributed by atoms with Crippen LogP contribution in [0.15, 0.2) is 30.3 Å². The average molecular weight is 286 g/mol. The maximum atomic E-state index is 12.7. The lowest BCUT2D eigenvalue weighted by atomic mass is 9.68. The first kappa shape index (κ1) is 14.1. The monoisotopic (exact) mass is 286 g/mol. The van der Waals surface area contributed by atoms with E-state index in [0.717, 1.165) is 25.7 Å². The number of rotatable bonds is 5. The van der Waals surface area contributed by atoms with E-state index in [1.807, 2.05) is 18.2 Å². The molecule has 1 aromatic rings. The summed E-state index contributed by atoms with van der Waals surface area (Å²) in [5, 5.41) is 2.76. The van der Waals surface area contributed by atoms with Crippen molar-refractivity contribution in [3.05, 3.63) is 35.9 Å². The molecule has 0 aromatic heterocycles. The quantitative estimate of drug-likeness (QED) is 0.863. The second-order valence-electron chi connectivity index (χ2n) is 6.55. The summed E-state index contributed by atoms with van der Waals surface area (Å²) in [5.41, 5.74) is 6.00. The highest BCUT2D eigenvalue weighted by Gasteiger charge is 2.55. The van der Waals surface area contributed by atoms with Crippen molar-refractivity contribution in [1.82, 2.24) is 5.32 Å². The molecule has 0 heterocycles. The van der Waals surface area contributed by atoms with Crippen molar-refractivity contribution in [2.24, 2.45) is 23.0 Å². The summed E-state index contributed by atoms with van der Waals surface area (Å²) in [4.78, 5) is 23.7. The normalized spacial score (nSPS) is 30.3. The molecule has 3 atom stereocenters. The summed E-state index contributed by atoms with van der Waals surface area (Å²) in [6.45, 7) is -0.0627. The zero-order valence-electron chi connectivity index (χ0n) is 12.2. The Morgan fingerprint density at radius 2 is 2.00 bits per heavy atom. The lowest BCUT2D eigenvalue weighted by molar-refractivity contribution is -0.135. The highest BCUT2D eigenvalue weighted by atomic mass is 16.2. The first-order valence-electron chi connectivity index (χ1n) is 7.71. The molecule has 2 aliphatic rings. The third kappa shape index (κ3) is 2.67. The fourth-order valence-corrected chi connectivity index (χ4v) is 4.32. The van der Waals surface area contributed by atoms with Gasteiger partial charge in [-0.2, -0.15) is 0 Å². The van der Waals surface area contributed by atoms with E-state index in [1.54, 1.807) is 0 Å². The van der Waals surface area contributed by atoms with Crippen LogP contribution in [0.1, 0.15) is 31.2 Å². The molecule has 0 spiro atoms. The van der Waals surface area contributed by atoms with E-state index in [4.69, 9.17) is 5.73 Å². The maximum Gasteiger partial charge on any atom is 0.236 e. The van der Waals surface area contributed by atoms with Gasteiger partial charge >= 0.3 is 0 Å². The van der Waals surface area contributed by atoms with Crippen LogP contribution in [0.4, 0.5) is 0 Å². The molecule has 2 amide bonds. The molecule has 2 aliphatic carbocycles. The number of nitrogens with two attached hydrogens (primary N) is 1. The smallest absolute Gasteiger partial charge is 0.236 e. The summed E-state index contributed by atoms with van der Waals surface area (Å²) in [6, 6.07) is 10.2. The van der Waals surface area contributed by atoms with Gasteiger partial charge in [-0.15, -0.1) is 0 Å². The van der Waals surface area contributed by atoms with Crippen LogP contribution in [-0.2, 0) is 16.0 Å². The van der Waals surface area contributed by atoms with E-state index in [2.05, 4.69) is 17.4 Å². The summed E-state index contributed by atoms with van der Waals surface area (Å²) in [5.74, 6) is 0.632. The van der Waals surface area contributed by atoms with Gasteiger partial charge in [0.15, 0.2) is 0 Å². The van der Waals surface area contributed by atoms with Crippen LogP contribution in [0, 0.1) is 17.3 Å². The van der Waals surface area contributed by atoms with Crippen molar-refractivity contribution in [2.45, 2.75) is 32.1 Å². The molecular weight excluding hydrogens is 264 g/mol. The van der Waals surface area contributed by atoms with Crippen molar-refractivity contribution in [2.75, 3.05) is 6.54 Å². The number of carbonyl (C=O) groups is 2. The number of hydrogen-bond acceptors (Lipinski definition) is 2. The zero-order chi connectivity index (χ0) is 14.9. The molecule has 4 heteroatoms. The Morgan fingerprint density at radius 1 is 1.24 bits per heavy atom. The molecule has 1 aromatic carbocycles. The van der Waals surface area contributed by atoms with Crippen LogP contribution in [0.5, 0.6) is 0 Å². The third-order valence-electron chi connectivity index (χ3n) is 5.21. The van der Waals surface area contributed by atoms with Crippen LogP contribution in [-0.4, -0.2) is 18.4 Å². The zero-order valence-corrected chi connectivity index (χ0v) is 12.2. The van der Waals surface area contributed by atoms with Gasteiger partial charge in [-0.3, -0.25) is 9.59 Å². The molecule has 2 fully saturated rings. The Labute approximate surface area is 125 Å². The number of benzene rings is 1. The van der Waals surface area contributed by atoms with E-state index < -0.39 is 5.91 Å². The van der Waals surface area contributed by atoms with Crippen LogP contribution < -0.4 is 11.1 Å². The van der Waals surface area contributed by atoms with E-state index >= 15 is 0 Å². The van der Waals surface area contributed by atoms with Gasteiger partial charge in [0, 0.05) is 0 Å². The van der Waals surface area contributed by atoms with Crippen molar-refractivity contribution < 1.29 is 9.59 Å². The summed E-state index contributed by atoms with van der Waals surface area (Å²) >= 11 is 0. The van der Waals surface area contributed by atoms with Gasteiger partial charge < -0.3 is 11.1 Å². The van der Waals surface area contributed by atoms with Gasteiger partial charge in [0.1, 0.15) is 0 Å². The molecule has 112 valence electrons. The largest absolute Gasteiger partial charge is 0.368 e. The molecule has 0 radical (unpaired) electrons. The Balaban J connectivity index is 1.82. The SMILES string of the molecule is NC(=O)CNC(=O)C1(Cc2ccccc2)CC2CCC1C2. The fourth-order valence-electron chi connectivity index (χ4n) is 4.32. The average Bonchev–Trinajstić information content (AvgIpc) is 3.07.